The first-order valence-corrected chi connectivity index (χ1v) is 7.25. The fourth-order valence-corrected chi connectivity index (χ4v) is 3.59. The molecule has 2 saturated carbocycles. The van der Waals surface area contributed by atoms with Crippen molar-refractivity contribution < 1.29 is 0 Å². The third-order valence-electron chi connectivity index (χ3n) is 4.66. The van der Waals surface area contributed by atoms with E-state index in [1.54, 1.807) is 0 Å². The molecule has 0 radical (unpaired) electrons. The van der Waals surface area contributed by atoms with Crippen molar-refractivity contribution >= 4 is 12.4 Å². The molecule has 3 heteroatoms. The topological polar surface area (TPSA) is 15.3 Å². The highest BCUT2D eigenvalue weighted by Gasteiger charge is 2.43. The van der Waals surface area contributed by atoms with Crippen LogP contribution in [0.15, 0.2) is 0 Å². The second kappa shape index (κ2) is 5.90. The Morgan fingerprint density at radius 2 is 1.76 bits per heavy atom. The summed E-state index contributed by atoms with van der Waals surface area (Å²) >= 11 is 0. The number of hydrogen-bond donors (Lipinski definition) is 1. The Kier molecular flexibility index (Phi) is 4.73. The number of hydrogen-bond acceptors (Lipinski definition) is 2. The Bertz CT molecular complexity index is 220. The first-order valence-electron chi connectivity index (χ1n) is 7.25. The van der Waals surface area contributed by atoms with Crippen LogP contribution in [0.2, 0.25) is 0 Å². The summed E-state index contributed by atoms with van der Waals surface area (Å²) in [5.74, 6) is 3.04. The predicted octanol–water partition coefficient (Wildman–Crippen LogP) is 2.53. The van der Waals surface area contributed by atoms with Crippen LogP contribution in [0.5, 0.6) is 0 Å². The fraction of sp³-hybridized carbons (Fsp3) is 1.00. The minimum Gasteiger partial charge on any atom is -0.316 e. The van der Waals surface area contributed by atoms with Crippen LogP contribution in [0.25, 0.3) is 0 Å². The number of nitrogens with one attached hydrogen (secondary N) is 1. The summed E-state index contributed by atoms with van der Waals surface area (Å²) in [5.41, 5.74) is 0. The number of piperidine rings is 1. The molecule has 0 aromatic carbocycles. The molecule has 1 saturated heterocycles. The number of rotatable bonds is 5. The maximum atomic E-state index is 3.54. The fourth-order valence-electron chi connectivity index (χ4n) is 3.59. The van der Waals surface area contributed by atoms with Crippen molar-refractivity contribution in [1.82, 2.24) is 10.2 Å². The van der Waals surface area contributed by atoms with Gasteiger partial charge in [-0.25, -0.2) is 0 Å². The van der Waals surface area contributed by atoms with Gasteiger partial charge in [0.2, 0.25) is 0 Å². The van der Waals surface area contributed by atoms with Gasteiger partial charge >= 0.3 is 0 Å². The second-order valence-electron chi connectivity index (χ2n) is 6.32. The highest BCUT2D eigenvalue weighted by molar-refractivity contribution is 5.85. The highest BCUT2D eigenvalue weighted by atomic mass is 35.5. The molecule has 0 bridgehead atoms. The van der Waals surface area contributed by atoms with Crippen molar-refractivity contribution in [2.75, 3.05) is 26.7 Å². The summed E-state index contributed by atoms with van der Waals surface area (Å²) in [6, 6.07) is 0.946. The highest BCUT2D eigenvalue weighted by Crippen LogP contribution is 2.46. The van der Waals surface area contributed by atoms with Gasteiger partial charge in [0.25, 0.3) is 0 Å². The van der Waals surface area contributed by atoms with Crippen LogP contribution in [0, 0.1) is 17.8 Å². The maximum absolute atomic E-state index is 3.54. The summed E-state index contributed by atoms with van der Waals surface area (Å²) in [6.07, 6.45) is 8.86. The van der Waals surface area contributed by atoms with Gasteiger partial charge in [0, 0.05) is 12.6 Å². The van der Waals surface area contributed by atoms with Crippen molar-refractivity contribution in [3.8, 4) is 0 Å². The smallest absolute Gasteiger partial charge is 0.0149 e. The Morgan fingerprint density at radius 1 is 1.12 bits per heavy atom. The molecule has 3 rings (SSSR count). The van der Waals surface area contributed by atoms with E-state index in [2.05, 4.69) is 17.3 Å². The van der Waals surface area contributed by atoms with Crippen LogP contribution in [-0.4, -0.2) is 37.6 Å². The summed E-state index contributed by atoms with van der Waals surface area (Å²) in [6.45, 7) is 3.84. The van der Waals surface area contributed by atoms with E-state index in [9.17, 15) is 0 Å². The molecule has 100 valence electrons. The predicted molar refractivity (Wildman–Crippen MR) is 74.7 cm³/mol. The molecule has 0 aromatic rings. The zero-order valence-corrected chi connectivity index (χ0v) is 11.8. The van der Waals surface area contributed by atoms with Gasteiger partial charge in [-0.15, -0.1) is 12.4 Å². The molecule has 1 N–H and O–H groups in total. The Labute approximate surface area is 112 Å². The first kappa shape index (κ1) is 13.6. The van der Waals surface area contributed by atoms with Crippen molar-refractivity contribution in [1.29, 1.82) is 0 Å². The largest absolute Gasteiger partial charge is 0.316 e. The zero-order valence-electron chi connectivity index (χ0n) is 11.0. The Balaban J connectivity index is 0.00000108. The van der Waals surface area contributed by atoms with Gasteiger partial charge in [-0.05, 0) is 76.4 Å². The quantitative estimate of drug-likeness (QED) is 0.815. The van der Waals surface area contributed by atoms with Crippen molar-refractivity contribution in [3.63, 3.8) is 0 Å². The average Bonchev–Trinajstić information content (AvgIpc) is 3.13. The summed E-state index contributed by atoms with van der Waals surface area (Å²) in [5, 5.41) is 3.54. The van der Waals surface area contributed by atoms with Gasteiger partial charge < -0.3 is 10.2 Å². The lowest BCUT2D eigenvalue weighted by Crippen LogP contribution is -2.42. The molecule has 2 nitrogen and oxygen atoms in total. The SMILES string of the molecule is CN(CC1CCCNC1)C(C1CC1)C1CC1.Cl. The molecule has 3 aliphatic rings. The normalized spacial score (nSPS) is 29.5. The molecule has 3 fully saturated rings. The number of nitrogens with zero attached hydrogens (tertiary/aromatic N) is 1. The Morgan fingerprint density at radius 3 is 2.24 bits per heavy atom. The summed E-state index contributed by atoms with van der Waals surface area (Å²) < 4.78 is 0. The first-order chi connectivity index (χ1) is 7.84. The van der Waals surface area contributed by atoms with Crippen LogP contribution in [0.4, 0.5) is 0 Å². The lowest BCUT2D eigenvalue weighted by atomic mass is 9.97. The third kappa shape index (κ3) is 3.59. The molecule has 0 amide bonds. The molecule has 0 aromatic heterocycles. The van der Waals surface area contributed by atoms with E-state index in [1.807, 2.05) is 0 Å². The van der Waals surface area contributed by atoms with Crippen molar-refractivity contribution in [3.05, 3.63) is 0 Å². The van der Waals surface area contributed by atoms with Crippen molar-refractivity contribution in [2.45, 2.75) is 44.6 Å². The van der Waals surface area contributed by atoms with Crippen molar-refractivity contribution in [2.24, 2.45) is 17.8 Å². The Hall–Kier alpha value is 0.210. The molecule has 1 aliphatic heterocycles. The van der Waals surface area contributed by atoms with Gasteiger partial charge in [-0.1, -0.05) is 0 Å². The standard InChI is InChI=1S/C14H26N2.ClH/c1-16(10-11-3-2-8-15-9-11)14(12-4-5-12)13-6-7-13;/h11-15H,2-10H2,1H3;1H. The maximum Gasteiger partial charge on any atom is 0.0149 e. The third-order valence-corrected chi connectivity index (χ3v) is 4.66. The molecule has 1 unspecified atom stereocenters. The molecule has 0 spiro atoms. The van der Waals surface area contributed by atoms with E-state index in [4.69, 9.17) is 0 Å². The van der Waals surface area contributed by atoms with E-state index in [0.717, 1.165) is 23.8 Å². The van der Waals surface area contributed by atoms with Crippen LogP contribution in [0.1, 0.15) is 38.5 Å². The molecule has 1 atom stereocenters. The van der Waals surface area contributed by atoms with E-state index in [-0.39, 0.29) is 12.4 Å². The van der Waals surface area contributed by atoms with Crippen LogP contribution >= 0.6 is 12.4 Å². The average molecular weight is 259 g/mol. The molecule has 1 heterocycles. The van der Waals surface area contributed by atoms with Gasteiger partial charge in [0.1, 0.15) is 0 Å². The van der Waals surface area contributed by atoms with E-state index < -0.39 is 0 Å². The molecule has 17 heavy (non-hydrogen) atoms. The van der Waals surface area contributed by atoms with E-state index in [1.165, 1.54) is 58.2 Å². The second-order valence-corrected chi connectivity index (χ2v) is 6.32. The minimum absolute atomic E-state index is 0. The lowest BCUT2D eigenvalue weighted by molar-refractivity contribution is 0.155. The van der Waals surface area contributed by atoms with Crippen LogP contribution in [-0.2, 0) is 0 Å². The van der Waals surface area contributed by atoms with E-state index in [0.29, 0.717) is 0 Å². The van der Waals surface area contributed by atoms with Gasteiger partial charge in [0.05, 0.1) is 0 Å². The van der Waals surface area contributed by atoms with Gasteiger partial charge in [-0.3, -0.25) is 0 Å². The minimum atomic E-state index is 0. The molecular weight excluding hydrogens is 232 g/mol. The van der Waals surface area contributed by atoms with Crippen LogP contribution < -0.4 is 5.32 Å². The summed E-state index contributed by atoms with van der Waals surface area (Å²) in [7, 11) is 2.38. The van der Waals surface area contributed by atoms with Gasteiger partial charge in [-0.2, -0.15) is 0 Å². The van der Waals surface area contributed by atoms with Gasteiger partial charge in [0.15, 0.2) is 0 Å². The molecule has 2 aliphatic carbocycles. The van der Waals surface area contributed by atoms with E-state index >= 15 is 0 Å². The van der Waals surface area contributed by atoms with Crippen LogP contribution in [0.3, 0.4) is 0 Å². The lowest BCUT2D eigenvalue weighted by Gasteiger charge is -2.33. The number of halogens is 1. The molecular formula is C14H27ClN2. The summed E-state index contributed by atoms with van der Waals surface area (Å²) in [4.78, 5) is 2.72. The zero-order chi connectivity index (χ0) is 11.0. The monoisotopic (exact) mass is 258 g/mol.